The lowest BCUT2D eigenvalue weighted by Crippen LogP contribution is -2.15. The van der Waals surface area contributed by atoms with Crippen LogP contribution in [0.15, 0.2) is 53.7 Å². The van der Waals surface area contributed by atoms with E-state index >= 15 is 0 Å². The third-order valence-corrected chi connectivity index (χ3v) is 5.54. The summed E-state index contributed by atoms with van der Waals surface area (Å²) < 4.78 is 7.81. The van der Waals surface area contributed by atoms with E-state index in [1.807, 2.05) is 23.6 Å². The zero-order valence-electron chi connectivity index (χ0n) is 15.0. The van der Waals surface area contributed by atoms with Gasteiger partial charge in [-0.2, -0.15) is 0 Å². The fourth-order valence-electron chi connectivity index (χ4n) is 2.36. The summed E-state index contributed by atoms with van der Waals surface area (Å²) >= 11 is 8.83. The second-order valence-electron chi connectivity index (χ2n) is 5.60. The number of aromatic nitrogens is 4. The number of anilines is 1. The van der Waals surface area contributed by atoms with Crippen molar-refractivity contribution in [3.8, 4) is 5.75 Å². The Hall–Kier alpha value is -2.36. The molecule has 3 rings (SSSR count). The summed E-state index contributed by atoms with van der Waals surface area (Å²) in [7, 11) is 0. The number of allylic oxidation sites excluding steroid dienone is 1. The van der Waals surface area contributed by atoms with Gasteiger partial charge in [0.15, 0.2) is 22.2 Å². The van der Waals surface area contributed by atoms with Crippen molar-refractivity contribution in [3.63, 3.8) is 0 Å². The Morgan fingerprint density at radius 1 is 1.46 bits per heavy atom. The number of nitrogens with one attached hydrogen (secondary N) is 1. The molecular formula is C18H18ClN5O2S2. The number of ether oxygens (including phenoxy) is 1. The Morgan fingerprint density at radius 2 is 2.29 bits per heavy atom. The topological polar surface area (TPSA) is 81.9 Å². The van der Waals surface area contributed by atoms with Gasteiger partial charge in [0.1, 0.15) is 5.75 Å². The lowest BCUT2D eigenvalue weighted by atomic mass is 10.3. The first-order valence-corrected chi connectivity index (χ1v) is 10.6. The highest BCUT2D eigenvalue weighted by atomic mass is 35.5. The van der Waals surface area contributed by atoms with Crippen LogP contribution in [-0.4, -0.2) is 31.4 Å². The highest BCUT2D eigenvalue weighted by Gasteiger charge is 2.20. The largest absolute Gasteiger partial charge is 0.481 e. The lowest BCUT2D eigenvalue weighted by molar-refractivity contribution is -0.113. The van der Waals surface area contributed by atoms with Gasteiger partial charge in [-0.3, -0.25) is 9.36 Å². The number of thiazole rings is 1. The van der Waals surface area contributed by atoms with Crippen molar-refractivity contribution < 1.29 is 9.53 Å². The van der Waals surface area contributed by atoms with Crippen molar-refractivity contribution in [3.05, 3.63) is 59.3 Å². The average molecular weight is 436 g/mol. The molecule has 10 heteroatoms. The van der Waals surface area contributed by atoms with Gasteiger partial charge in [-0.05, 0) is 19.1 Å². The van der Waals surface area contributed by atoms with E-state index in [2.05, 4.69) is 27.1 Å². The van der Waals surface area contributed by atoms with Crippen LogP contribution in [0.1, 0.15) is 18.9 Å². The molecule has 0 spiro atoms. The van der Waals surface area contributed by atoms with Gasteiger partial charge in [0, 0.05) is 18.1 Å². The third kappa shape index (κ3) is 5.12. The Kier molecular flexibility index (Phi) is 7.07. The highest BCUT2D eigenvalue weighted by Crippen LogP contribution is 2.29. The van der Waals surface area contributed by atoms with Crippen LogP contribution in [0, 0.1) is 0 Å². The van der Waals surface area contributed by atoms with Crippen LogP contribution in [0.25, 0.3) is 0 Å². The number of nitrogens with zero attached hydrogens (tertiary/aromatic N) is 4. The molecule has 2 heterocycles. The zero-order valence-corrected chi connectivity index (χ0v) is 17.4. The quantitative estimate of drug-likeness (QED) is 0.395. The highest BCUT2D eigenvalue weighted by molar-refractivity contribution is 7.99. The predicted octanol–water partition coefficient (Wildman–Crippen LogP) is 4.44. The Morgan fingerprint density at radius 3 is 3.00 bits per heavy atom. The molecule has 1 amide bonds. The monoisotopic (exact) mass is 435 g/mol. The first-order valence-electron chi connectivity index (χ1n) is 8.35. The summed E-state index contributed by atoms with van der Waals surface area (Å²) in [6.45, 7) is 6.15. The molecular weight excluding hydrogens is 418 g/mol. The minimum absolute atomic E-state index is 0.157. The van der Waals surface area contributed by atoms with Crippen molar-refractivity contribution in [2.45, 2.75) is 24.7 Å². The predicted molar refractivity (Wildman–Crippen MR) is 112 cm³/mol. The van der Waals surface area contributed by atoms with E-state index in [-0.39, 0.29) is 17.8 Å². The normalized spacial score (nSPS) is 11.8. The van der Waals surface area contributed by atoms with E-state index in [1.165, 1.54) is 23.1 Å². The van der Waals surface area contributed by atoms with Crippen molar-refractivity contribution in [1.29, 1.82) is 0 Å². The number of hydrogen-bond donors (Lipinski definition) is 1. The molecule has 0 aliphatic heterocycles. The van der Waals surface area contributed by atoms with E-state index in [1.54, 1.807) is 29.8 Å². The number of thioether (sulfide) groups is 1. The maximum Gasteiger partial charge on any atom is 0.236 e. The van der Waals surface area contributed by atoms with Crippen molar-refractivity contribution in [1.82, 2.24) is 19.7 Å². The molecule has 2 aromatic heterocycles. The molecule has 1 atom stereocenters. The van der Waals surface area contributed by atoms with Gasteiger partial charge in [0.25, 0.3) is 0 Å². The molecule has 0 aliphatic rings. The maximum atomic E-state index is 12.1. The van der Waals surface area contributed by atoms with Gasteiger partial charge in [-0.1, -0.05) is 41.6 Å². The second-order valence-corrected chi connectivity index (χ2v) is 7.85. The molecule has 0 radical (unpaired) electrons. The van der Waals surface area contributed by atoms with E-state index in [0.29, 0.717) is 33.4 Å². The second kappa shape index (κ2) is 9.72. The molecule has 1 N–H and O–H groups in total. The van der Waals surface area contributed by atoms with E-state index < -0.39 is 0 Å². The lowest BCUT2D eigenvalue weighted by Gasteiger charge is -2.16. The van der Waals surface area contributed by atoms with Crippen LogP contribution >= 0.6 is 34.7 Å². The summed E-state index contributed by atoms with van der Waals surface area (Å²) in [5.74, 6) is 1.23. The molecule has 3 aromatic rings. The van der Waals surface area contributed by atoms with Crippen LogP contribution in [0.2, 0.25) is 5.02 Å². The molecule has 1 unspecified atom stereocenters. The smallest absolute Gasteiger partial charge is 0.236 e. The summed E-state index contributed by atoms with van der Waals surface area (Å²) in [5.41, 5.74) is 0. The van der Waals surface area contributed by atoms with E-state index in [9.17, 15) is 4.79 Å². The summed E-state index contributed by atoms with van der Waals surface area (Å²) in [4.78, 5) is 16.1. The Labute approximate surface area is 175 Å². The molecule has 0 aliphatic carbocycles. The number of benzene rings is 1. The minimum Gasteiger partial charge on any atom is -0.481 e. The zero-order chi connectivity index (χ0) is 19.9. The number of rotatable bonds is 9. The van der Waals surface area contributed by atoms with Gasteiger partial charge >= 0.3 is 0 Å². The molecule has 0 saturated heterocycles. The Balaban J connectivity index is 1.69. The van der Waals surface area contributed by atoms with E-state index in [0.717, 1.165) is 0 Å². The van der Waals surface area contributed by atoms with Gasteiger partial charge in [0.2, 0.25) is 5.91 Å². The third-order valence-electron chi connectivity index (χ3n) is 3.57. The SMILES string of the molecule is C=CCn1c(SCC(=O)Nc2nccs2)nnc1C(C)Oc1ccccc1Cl. The number of amides is 1. The van der Waals surface area contributed by atoms with Crippen LogP contribution in [0.3, 0.4) is 0 Å². The minimum atomic E-state index is -0.383. The number of carbonyl (C=O) groups excluding carboxylic acids is 1. The number of hydrogen-bond acceptors (Lipinski definition) is 7. The fraction of sp³-hybridized carbons (Fsp3) is 0.222. The molecule has 0 bridgehead atoms. The molecule has 146 valence electrons. The molecule has 7 nitrogen and oxygen atoms in total. The van der Waals surface area contributed by atoms with Crippen LogP contribution in [0.4, 0.5) is 5.13 Å². The maximum absolute atomic E-state index is 12.1. The van der Waals surface area contributed by atoms with Crippen molar-refractivity contribution in [2.75, 3.05) is 11.1 Å². The summed E-state index contributed by atoms with van der Waals surface area (Å²) in [6.07, 6.45) is 3.00. The summed E-state index contributed by atoms with van der Waals surface area (Å²) in [5, 5.41) is 14.7. The number of halogens is 1. The van der Waals surface area contributed by atoms with Gasteiger partial charge in [-0.25, -0.2) is 4.98 Å². The standard InChI is InChI=1S/C18H18ClN5O2S2/c1-3-9-24-16(12(2)26-14-7-5-4-6-13(14)19)22-23-18(24)28-11-15(25)21-17-20-8-10-27-17/h3-8,10,12H,1,9,11H2,2H3,(H,20,21,25). The van der Waals surface area contributed by atoms with Crippen LogP contribution < -0.4 is 10.1 Å². The van der Waals surface area contributed by atoms with Crippen LogP contribution in [-0.2, 0) is 11.3 Å². The first kappa shape index (κ1) is 20.4. The number of para-hydroxylation sites is 1. The first-order chi connectivity index (χ1) is 13.6. The van der Waals surface area contributed by atoms with Gasteiger partial charge < -0.3 is 10.1 Å². The number of carbonyl (C=O) groups is 1. The van der Waals surface area contributed by atoms with Gasteiger partial charge in [-0.15, -0.1) is 28.1 Å². The molecule has 0 saturated carbocycles. The Bertz CT molecular complexity index is 945. The van der Waals surface area contributed by atoms with Crippen LogP contribution in [0.5, 0.6) is 5.75 Å². The molecule has 1 aromatic carbocycles. The van der Waals surface area contributed by atoms with Crippen molar-refractivity contribution >= 4 is 45.7 Å². The van der Waals surface area contributed by atoms with E-state index in [4.69, 9.17) is 16.3 Å². The van der Waals surface area contributed by atoms with Crippen molar-refractivity contribution in [2.24, 2.45) is 0 Å². The van der Waals surface area contributed by atoms with Gasteiger partial charge in [0.05, 0.1) is 10.8 Å². The molecule has 0 fully saturated rings. The molecule has 28 heavy (non-hydrogen) atoms. The fourth-order valence-corrected chi connectivity index (χ4v) is 3.84. The summed E-state index contributed by atoms with van der Waals surface area (Å²) in [6, 6.07) is 7.25. The average Bonchev–Trinajstić information content (AvgIpc) is 3.32.